The minimum Gasteiger partial charge on any atom is -0.432 e. The van der Waals surface area contributed by atoms with Gasteiger partial charge in [-0.2, -0.15) is 0 Å². The molecule has 9 heteroatoms. The van der Waals surface area contributed by atoms with Crippen molar-refractivity contribution in [1.82, 2.24) is 0 Å². The lowest BCUT2D eigenvalue weighted by Crippen LogP contribution is -2.09. The van der Waals surface area contributed by atoms with Crippen LogP contribution in [-0.2, 0) is 20.0 Å². The second-order valence-electron chi connectivity index (χ2n) is 1.46. The van der Waals surface area contributed by atoms with Gasteiger partial charge in [-0.25, -0.2) is 25.6 Å². The van der Waals surface area contributed by atoms with Crippen LogP contribution in [0.5, 0.6) is 0 Å². The average Bonchev–Trinajstić information content (AvgIpc) is 1.86. The molecule has 0 aliphatic carbocycles. The number of sulfonamides is 2. The third-order valence-electron chi connectivity index (χ3n) is 0.503. The van der Waals surface area contributed by atoms with Gasteiger partial charge in [0, 0.05) is 0 Å². The Morgan fingerprint density at radius 1 is 0.909 bits per heavy atom. The van der Waals surface area contributed by atoms with E-state index in [4.69, 9.17) is 0 Å². The smallest absolute Gasteiger partial charge is 0.174 e. The molecular formula is C2H4F2NO4S2-. The highest BCUT2D eigenvalue weighted by Crippen LogP contribution is 2.10. The summed E-state index contributed by atoms with van der Waals surface area (Å²) in [5, 5.41) is 0. The SMILES string of the molecule is O=S(=O)(CF)[N-]S(=O)(=O)CF. The van der Waals surface area contributed by atoms with Crippen molar-refractivity contribution in [1.29, 1.82) is 0 Å². The Kier molecular flexibility index (Phi) is 3.32. The van der Waals surface area contributed by atoms with Gasteiger partial charge in [-0.15, -0.1) is 0 Å². The molecular weight excluding hydrogens is 204 g/mol. The van der Waals surface area contributed by atoms with Gasteiger partial charge in [0.05, 0.1) is 0 Å². The first-order valence-corrected chi connectivity index (χ1v) is 5.36. The van der Waals surface area contributed by atoms with Crippen LogP contribution in [0.2, 0.25) is 0 Å². The first-order chi connectivity index (χ1) is 4.83. The zero-order valence-corrected chi connectivity index (χ0v) is 6.70. The molecule has 68 valence electrons. The predicted molar refractivity (Wildman–Crippen MR) is 33.1 cm³/mol. The molecule has 0 radical (unpaired) electrons. The molecule has 0 aromatic rings. The van der Waals surface area contributed by atoms with E-state index in [1.54, 1.807) is 0 Å². The zero-order chi connectivity index (χ0) is 9.12. The van der Waals surface area contributed by atoms with Gasteiger partial charge in [-0.3, -0.25) is 0 Å². The lowest BCUT2D eigenvalue weighted by Gasteiger charge is -2.14. The highest BCUT2D eigenvalue weighted by Gasteiger charge is 2.06. The zero-order valence-electron chi connectivity index (χ0n) is 5.07. The fraction of sp³-hybridized carbons (Fsp3) is 1.00. The van der Waals surface area contributed by atoms with Crippen LogP contribution in [0.15, 0.2) is 0 Å². The molecule has 0 aromatic heterocycles. The number of nitrogens with zero attached hydrogens (tertiary/aromatic N) is 1. The van der Waals surface area contributed by atoms with Crippen LogP contribution in [-0.4, -0.2) is 28.8 Å². The standard InChI is InChI=1S/C2H4F2NO4S2/c3-1-10(6,7)5-11(8,9)2-4/h1-2H2/q-1. The van der Waals surface area contributed by atoms with Crippen LogP contribution in [0.1, 0.15) is 0 Å². The van der Waals surface area contributed by atoms with E-state index >= 15 is 0 Å². The molecule has 0 bridgehead atoms. The van der Waals surface area contributed by atoms with E-state index in [0.717, 1.165) is 0 Å². The summed E-state index contributed by atoms with van der Waals surface area (Å²) in [7, 11) is -9.32. The molecule has 0 atom stereocenters. The number of alkyl halides is 2. The van der Waals surface area contributed by atoms with Crippen molar-refractivity contribution in [3.05, 3.63) is 4.13 Å². The molecule has 0 saturated carbocycles. The van der Waals surface area contributed by atoms with E-state index in [-0.39, 0.29) is 0 Å². The summed E-state index contributed by atoms with van der Waals surface area (Å²) in [5.41, 5.74) is 0. The topological polar surface area (TPSA) is 82.4 Å². The number of rotatable bonds is 4. The molecule has 0 rings (SSSR count). The molecule has 0 unspecified atom stereocenters. The maximum atomic E-state index is 11.4. The summed E-state index contributed by atoms with van der Waals surface area (Å²) in [5.74, 6) is 0. The minimum atomic E-state index is -4.66. The number of hydrogen-bond acceptors (Lipinski definition) is 4. The van der Waals surface area contributed by atoms with Crippen molar-refractivity contribution < 1.29 is 25.6 Å². The van der Waals surface area contributed by atoms with Crippen molar-refractivity contribution in [2.45, 2.75) is 0 Å². The van der Waals surface area contributed by atoms with Crippen LogP contribution < -0.4 is 0 Å². The van der Waals surface area contributed by atoms with Crippen LogP contribution in [0.4, 0.5) is 8.78 Å². The Morgan fingerprint density at radius 2 is 1.18 bits per heavy atom. The molecule has 0 amide bonds. The Labute approximate surface area is 62.5 Å². The van der Waals surface area contributed by atoms with Crippen molar-refractivity contribution in [3.63, 3.8) is 0 Å². The maximum Gasteiger partial charge on any atom is 0.174 e. The van der Waals surface area contributed by atoms with Gasteiger partial charge in [-0.1, -0.05) is 0 Å². The largest absolute Gasteiger partial charge is 0.432 e. The van der Waals surface area contributed by atoms with Crippen LogP contribution in [0, 0.1) is 0 Å². The third-order valence-corrected chi connectivity index (χ3v) is 2.87. The van der Waals surface area contributed by atoms with Gasteiger partial charge in [0.2, 0.25) is 0 Å². The number of halogens is 2. The molecule has 5 nitrogen and oxygen atoms in total. The van der Waals surface area contributed by atoms with Crippen LogP contribution in [0.3, 0.4) is 0 Å². The van der Waals surface area contributed by atoms with Gasteiger partial charge < -0.3 is 4.13 Å². The quantitative estimate of drug-likeness (QED) is 0.644. The Hall–Kier alpha value is -0.280. The molecule has 0 saturated heterocycles. The van der Waals surface area contributed by atoms with Crippen molar-refractivity contribution >= 4 is 20.0 Å². The monoisotopic (exact) mass is 208 g/mol. The minimum absolute atomic E-state index is 1.95. The van der Waals surface area contributed by atoms with Gasteiger partial charge in [0.1, 0.15) is 20.0 Å². The Bertz CT molecular complexity index is 273. The Morgan fingerprint density at radius 3 is 1.36 bits per heavy atom. The molecule has 0 heterocycles. The predicted octanol–water partition coefficient (Wildman–Crippen LogP) is -0.126. The lowest BCUT2D eigenvalue weighted by molar-refractivity contribution is 0.532. The molecule has 0 N–H and O–H groups in total. The second-order valence-corrected chi connectivity index (χ2v) is 4.82. The number of hydrogen-bond donors (Lipinski definition) is 0. The van der Waals surface area contributed by atoms with E-state index in [2.05, 4.69) is 0 Å². The van der Waals surface area contributed by atoms with E-state index < -0.39 is 32.1 Å². The highest BCUT2D eigenvalue weighted by molar-refractivity contribution is 8.12. The highest BCUT2D eigenvalue weighted by atomic mass is 32.3. The summed E-state index contributed by atoms with van der Waals surface area (Å²) in [6.45, 7) is 0. The van der Waals surface area contributed by atoms with Crippen LogP contribution >= 0.6 is 0 Å². The summed E-state index contributed by atoms with van der Waals surface area (Å²) in [6, 6.07) is -3.90. The van der Waals surface area contributed by atoms with Gasteiger partial charge >= 0.3 is 0 Å². The van der Waals surface area contributed by atoms with Crippen LogP contribution in [0.25, 0.3) is 4.13 Å². The molecule has 0 aromatic carbocycles. The average molecular weight is 208 g/mol. The summed E-state index contributed by atoms with van der Waals surface area (Å²) >= 11 is 0. The first-order valence-electron chi connectivity index (χ1n) is 2.14. The van der Waals surface area contributed by atoms with Gasteiger partial charge in [0.25, 0.3) is 0 Å². The van der Waals surface area contributed by atoms with E-state index in [0.29, 0.717) is 0 Å². The molecule has 0 aliphatic heterocycles. The summed E-state index contributed by atoms with van der Waals surface area (Å²) in [4.78, 5) is 0. The molecule has 0 spiro atoms. The molecule has 0 fully saturated rings. The third kappa shape index (κ3) is 4.22. The van der Waals surface area contributed by atoms with Crippen molar-refractivity contribution in [3.8, 4) is 0 Å². The normalized spacial score (nSPS) is 13.3. The fourth-order valence-electron chi connectivity index (χ4n) is 0.213. The fourth-order valence-corrected chi connectivity index (χ4v) is 1.92. The summed E-state index contributed by atoms with van der Waals surface area (Å²) in [6.07, 6.45) is 0. The van der Waals surface area contributed by atoms with Crippen molar-refractivity contribution in [2.75, 3.05) is 12.0 Å². The molecule has 11 heavy (non-hydrogen) atoms. The van der Waals surface area contributed by atoms with Gasteiger partial charge in [0.15, 0.2) is 12.0 Å². The Balaban J connectivity index is 4.54. The van der Waals surface area contributed by atoms with E-state index in [9.17, 15) is 25.6 Å². The first kappa shape index (κ1) is 10.7. The van der Waals surface area contributed by atoms with E-state index in [1.807, 2.05) is 4.13 Å². The summed E-state index contributed by atoms with van der Waals surface area (Å²) < 4.78 is 65.1. The second kappa shape index (κ2) is 3.41. The van der Waals surface area contributed by atoms with Crippen molar-refractivity contribution in [2.24, 2.45) is 0 Å². The van der Waals surface area contributed by atoms with E-state index in [1.165, 1.54) is 0 Å². The maximum absolute atomic E-state index is 11.4. The molecule has 0 aliphatic rings. The van der Waals surface area contributed by atoms with Gasteiger partial charge in [-0.05, 0) is 0 Å². The lowest BCUT2D eigenvalue weighted by atomic mass is 11.8.